The van der Waals surface area contributed by atoms with Crippen LogP contribution >= 0.6 is 0 Å². The van der Waals surface area contributed by atoms with Gasteiger partial charge in [-0.1, -0.05) is 73.5 Å². The summed E-state index contributed by atoms with van der Waals surface area (Å²) < 4.78 is 0. The molecule has 6 rings (SSSR count). The van der Waals surface area contributed by atoms with Gasteiger partial charge in [-0.25, -0.2) is 0 Å². The van der Waals surface area contributed by atoms with E-state index in [0.717, 1.165) is 50.7 Å². The molecule has 0 saturated carbocycles. The fraction of sp³-hybridized carbons (Fsp3) is 0.0909. The molecule has 0 amide bonds. The summed E-state index contributed by atoms with van der Waals surface area (Å²) in [6.45, 7) is 4.40. The fourth-order valence-corrected chi connectivity index (χ4v) is 4.56. The van der Waals surface area contributed by atoms with Crippen LogP contribution in [0.15, 0.2) is 97.3 Å². The van der Waals surface area contributed by atoms with Crippen molar-refractivity contribution >= 4 is 29.2 Å². The molecule has 1 aliphatic rings. The Labute approximate surface area is 232 Å². The topological polar surface area (TPSA) is 29.0 Å². The summed E-state index contributed by atoms with van der Waals surface area (Å²) in [5, 5.41) is 0. The van der Waals surface area contributed by atoms with Crippen LogP contribution in [-0.2, 0) is 21.1 Å². The molecule has 3 heterocycles. The van der Waals surface area contributed by atoms with Gasteiger partial charge in [0.1, 0.15) is 0 Å². The van der Waals surface area contributed by atoms with Crippen molar-refractivity contribution in [3.8, 4) is 22.5 Å². The van der Waals surface area contributed by atoms with Crippen LogP contribution in [0.3, 0.4) is 0 Å². The number of benzene rings is 3. The average molecular weight is 659 g/mol. The Balaban J connectivity index is 0.00000280. The molecule has 0 spiro atoms. The van der Waals surface area contributed by atoms with Gasteiger partial charge < -0.3 is 14.9 Å². The third-order valence-corrected chi connectivity index (χ3v) is 6.49. The van der Waals surface area contributed by atoms with Crippen LogP contribution in [0.2, 0.25) is 0 Å². The van der Waals surface area contributed by atoms with Gasteiger partial charge in [-0.05, 0) is 52.4 Å². The number of anilines is 3. The number of fused-ring (bicyclic) bond motifs is 2. The first-order valence-electron chi connectivity index (χ1n) is 12.2. The zero-order valence-corrected chi connectivity index (χ0v) is 22.9. The number of aromatic nitrogens is 2. The number of para-hydroxylation sites is 1. The van der Waals surface area contributed by atoms with E-state index >= 15 is 0 Å². The molecular formula is C33H25N3Pt. The van der Waals surface area contributed by atoms with Gasteiger partial charge in [-0.3, -0.25) is 0 Å². The van der Waals surface area contributed by atoms with Crippen LogP contribution in [-0.4, -0.2) is 9.97 Å². The van der Waals surface area contributed by atoms with Gasteiger partial charge in [-0.2, -0.15) is 0 Å². The van der Waals surface area contributed by atoms with Crippen LogP contribution in [0.4, 0.5) is 17.1 Å². The van der Waals surface area contributed by atoms with Gasteiger partial charge in [0.25, 0.3) is 0 Å². The molecule has 182 valence electrons. The van der Waals surface area contributed by atoms with Gasteiger partial charge in [-0.15, -0.1) is 53.6 Å². The third-order valence-electron chi connectivity index (χ3n) is 6.49. The van der Waals surface area contributed by atoms with Crippen molar-refractivity contribution in [2.45, 2.75) is 19.8 Å². The van der Waals surface area contributed by atoms with Crippen molar-refractivity contribution < 1.29 is 21.1 Å². The number of hydrogen-bond donors (Lipinski definition) is 0. The quantitative estimate of drug-likeness (QED) is 0.178. The van der Waals surface area contributed by atoms with Gasteiger partial charge in [0.15, 0.2) is 0 Å². The summed E-state index contributed by atoms with van der Waals surface area (Å²) in [6.07, 6.45) is 8.03. The summed E-state index contributed by atoms with van der Waals surface area (Å²) in [4.78, 5) is 11.5. The van der Waals surface area contributed by atoms with E-state index in [0.29, 0.717) is 5.92 Å². The SMILES string of the molecule is CC(C)c1ccnc(-c2[c-]c(N3c4[c-]c(-c5ccccn5)ccc4C=Cc4ccccc43)ccc2)c1.[Pt+2]. The third kappa shape index (κ3) is 4.92. The van der Waals surface area contributed by atoms with Crippen LogP contribution < -0.4 is 4.90 Å². The van der Waals surface area contributed by atoms with Crippen molar-refractivity contribution in [3.05, 3.63) is 126 Å². The first-order chi connectivity index (χ1) is 17.7. The van der Waals surface area contributed by atoms with Crippen molar-refractivity contribution in [2.24, 2.45) is 0 Å². The maximum Gasteiger partial charge on any atom is 2.00 e. The van der Waals surface area contributed by atoms with Crippen LogP contribution in [0.25, 0.3) is 34.7 Å². The van der Waals surface area contributed by atoms with Crippen molar-refractivity contribution in [2.75, 3.05) is 4.90 Å². The molecule has 0 fully saturated rings. The van der Waals surface area contributed by atoms with E-state index in [4.69, 9.17) is 0 Å². The first-order valence-corrected chi connectivity index (χ1v) is 12.2. The Kier molecular flexibility index (Phi) is 7.17. The molecule has 0 saturated heterocycles. The number of rotatable bonds is 4. The molecule has 0 atom stereocenters. The minimum absolute atomic E-state index is 0. The number of pyridine rings is 2. The Morgan fingerprint density at radius 3 is 2.30 bits per heavy atom. The standard InChI is InChI=1S/C33H25N3.Pt/c1-23(2)26-17-19-35-31(21-26)27-9-7-10-29(20-27)36-32-12-4-3-8-24(32)13-14-25-15-16-28(22-33(25)36)30-11-5-6-18-34-30;/h3-19,21,23H,1-2H3;/q-2;+2. The molecule has 37 heavy (non-hydrogen) atoms. The van der Waals surface area contributed by atoms with Crippen molar-refractivity contribution in [1.82, 2.24) is 9.97 Å². The summed E-state index contributed by atoms with van der Waals surface area (Å²) in [5.74, 6) is 0.435. The minimum Gasteiger partial charge on any atom is -0.345 e. The van der Waals surface area contributed by atoms with Crippen LogP contribution in [0.5, 0.6) is 0 Å². The normalized spacial score (nSPS) is 11.9. The minimum atomic E-state index is 0. The molecule has 2 aromatic heterocycles. The molecule has 0 radical (unpaired) electrons. The summed E-state index contributed by atoms with van der Waals surface area (Å²) in [7, 11) is 0. The Morgan fingerprint density at radius 1 is 0.676 bits per heavy atom. The van der Waals surface area contributed by atoms with Crippen molar-refractivity contribution in [3.63, 3.8) is 0 Å². The van der Waals surface area contributed by atoms with Gasteiger partial charge in [0, 0.05) is 12.4 Å². The van der Waals surface area contributed by atoms with E-state index in [1.165, 1.54) is 5.56 Å². The van der Waals surface area contributed by atoms with E-state index in [1.54, 1.807) is 0 Å². The van der Waals surface area contributed by atoms with Crippen LogP contribution in [0.1, 0.15) is 36.5 Å². The first kappa shape index (κ1) is 24.9. The van der Waals surface area contributed by atoms with E-state index in [1.807, 2.05) is 30.6 Å². The zero-order chi connectivity index (χ0) is 24.5. The van der Waals surface area contributed by atoms with Gasteiger partial charge >= 0.3 is 21.1 Å². The smallest absolute Gasteiger partial charge is 0.345 e. The van der Waals surface area contributed by atoms with E-state index in [-0.39, 0.29) is 21.1 Å². The van der Waals surface area contributed by atoms with Gasteiger partial charge in [0.2, 0.25) is 0 Å². The molecule has 0 N–H and O–H groups in total. The van der Waals surface area contributed by atoms with E-state index < -0.39 is 0 Å². The molecular weight excluding hydrogens is 633 g/mol. The average Bonchev–Trinajstić information content (AvgIpc) is 3.10. The summed E-state index contributed by atoms with van der Waals surface area (Å²) >= 11 is 0. The Morgan fingerprint density at radius 2 is 1.46 bits per heavy atom. The predicted octanol–water partition coefficient (Wildman–Crippen LogP) is 8.49. The Bertz CT molecular complexity index is 1570. The molecule has 0 unspecified atom stereocenters. The molecule has 0 aliphatic carbocycles. The monoisotopic (exact) mass is 658 g/mol. The molecule has 0 bridgehead atoms. The second-order valence-corrected chi connectivity index (χ2v) is 9.20. The summed E-state index contributed by atoms with van der Waals surface area (Å²) in [5.41, 5.74) is 10.2. The molecule has 3 nitrogen and oxygen atoms in total. The predicted molar refractivity (Wildman–Crippen MR) is 148 cm³/mol. The van der Waals surface area contributed by atoms with Gasteiger partial charge in [0.05, 0.1) is 5.69 Å². The van der Waals surface area contributed by atoms with E-state index in [9.17, 15) is 0 Å². The molecule has 4 heteroatoms. The second kappa shape index (κ2) is 10.7. The molecule has 5 aromatic rings. The molecule has 3 aromatic carbocycles. The molecule has 1 aliphatic heterocycles. The zero-order valence-electron chi connectivity index (χ0n) is 20.6. The number of nitrogens with zero attached hydrogens (tertiary/aromatic N) is 3. The van der Waals surface area contributed by atoms with E-state index in [2.05, 4.69) is 120 Å². The summed E-state index contributed by atoms with van der Waals surface area (Å²) in [6, 6.07) is 36.4. The largest absolute Gasteiger partial charge is 2.00 e. The fourth-order valence-electron chi connectivity index (χ4n) is 4.56. The number of hydrogen-bond acceptors (Lipinski definition) is 3. The maximum absolute atomic E-state index is 4.66. The second-order valence-electron chi connectivity index (χ2n) is 9.20. The van der Waals surface area contributed by atoms with Crippen LogP contribution in [0, 0.1) is 12.1 Å². The Hall–Kier alpha value is -3.81. The maximum atomic E-state index is 4.66. The van der Waals surface area contributed by atoms with Crippen molar-refractivity contribution in [1.29, 1.82) is 0 Å².